The Hall–Kier alpha value is -2.61. The van der Waals surface area contributed by atoms with Crippen LogP contribution in [-0.4, -0.2) is 52.0 Å². The van der Waals surface area contributed by atoms with Gasteiger partial charge in [0.25, 0.3) is 5.91 Å². The van der Waals surface area contributed by atoms with Crippen molar-refractivity contribution in [3.05, 3.63) is 41.4 Å². The lowest BCUT2D eigenvalue weighted by atomic mass is 10.1. The van der Waals surface area contributed by atoms with Crippen LogP contribution in [0, 0.1) is 13.8 Å². The number of aryl methyl sites for hydroxylation is 1. The van der Waals surface area contributed by atoms with Gasteiger partial charge in [-0.1, -0.05) is 6.92 Å². The maximum atomic E-state index is 12.0. The molecule has 1 saturated heterocycles. The van der Waals surface area contributed by atoms with Gasteiger partial charge in [-0.15, -0.1) is 0 Å². The van der Waals surface area contributed by atoms with Crippen molar-refractivity contribution < 1.29 is 4.79 Å². The summed E-state index contributed by atoms with van der Waals surface area (Å²) in [4.78, 5) is 31.3. The number of carbonyl (C=O) groups excluding carboxylic acids is 1. The number of rotatable bonds is 6. The quantitative estimate of drug-likeness (QED) is 0.798. The highest BCUT2D eigenvalue weighted by molar-refractivity contribution is 5.90. The van der Waals surface area contributed by atoms with Gasteiger partial charge in [-0.05, 0) is 26.7 Å². The smallest absolute Gasteiger partial charge is 0.288 e. The number of hydrogen-bond donors (Lipinski definition) is 2. The van der Waals surface area contributed by atoms with Crippen LogP contribution in [0.1, 0.15) is 53.2 Å². The van der Waals surface area contributed by atoms with Gasteiger partial charge in [0.05, 0.1) is 0 Å². The number of carbonyl (C=O) groups is 1. The first-order chi connectivity index (χ1) is 13.0. The second-order valence-electron chi connectivity index (χ2n) is 6.89. The highest BCUT2D eigenvalue weighted by Gasteiger charge is 2.28. The van der Waals surface area contributed by atoms with E-state index in [9.17, 15) is 4.79 Å². The fourth-order valence-electron chi connectivity index (χ4n) is 3.45. The van der Waals surface area contributed by atoms with Gasteiger partial charge in [-0.25, -0.2) is 19.9 Å². The summed E-state index contributed by atoms with van der Waals surface area (Å²) in [5.41, 5.74) is 2.96. The van der Waals surface area contributed by atoms with Crippen molar-refractivity contribution in [2.45, 2.75) is 45.7 Å². The van der Waals surface area contributed by atoms with E-state index in [1.807, 2.05) is 26.2 Å². The molecule has 0 saturated carbocycles. The van der Waals surface area contributed by atoms with E-state index >= 15 is 0 Å². The Bertz CT molecular complexity index is 796. The van der Waals surface area contributed by atoms with Crippen LogP contribution < -0.4 is 15.5 Å². The number of aromatic nitrogens is 4. The molecule has 8 nitrogen and oxygen atoms in total. The zero-order valence-electron chi connectivity index (χ0n) is 16.4. The van der Waals surface area contributed by atoms with E-state index in [0.717, 1.165) is 48.6 Å². The standard InChI is InChI=1S/C19H27N7O/c1-5-16(14-8-21-11-22-9-14)24-15-6-7-26(10-15)18-12(2)13(3)23-17(25-18)19(27)20-4/h8-9,11,15-16,24H,5-7,10H2,1-4H3,(H,20,27)/t15-,16?/m1/s1. The van der Waals surface area contributed by atoms with Crippen molar-refractivity contribution in [2.75, 3.05) is 25.0 Å². The van der Waals surface area contributed by atoms with Crippen molar-refractivity contribution in [3.8, 4) is 0 Å². The third kappa shape index (κ3) is 4.21. The Morgan fingerprint density at radius 3 is 2.70 bits per heavy atom. The molecule has 2 aromatic heterocycles. The van der Waals surface area contributed by atoms with Crippen LogP contribution in [0.5, 0.6) is 0 Å². The van der Waals surface area contributed by atoms with E-state index in [2.05, 4.69) is 42.4 Å². The molecule has 2 atom stereocenters. The number of anilines is 1. The largest absolute Gasteiger partial charge is 0.355 e. The van der Waals surface area contributed by atoms with Gasteiger partial charge in [0.2, 0.25) is 5.82 Å². The van der Waals surface area contributed by atoms with Gasteiger partial charge < -0.3 is 15.5 Å². The second kappa shape index (κ2) is 8.39. The molecule has 27 heavy (non-hydrogen) atoms. The summed E-state index contributed by atoms with van der Waals surface area (Å²) >= 11 is 0. The molecule has 2 aromatic rings. The molecule has 1 aliphatic rings. The first-order valence-electron chi connectivity index (χ1n) is 9.36. The van der Waals surface area contributed by atoms with Crippen molar-refractivity contribution in [2.24, 2.45) is 0 Å². The van der Waals surface area contributed by atoms with Crippen LogP contribution in [0.25, 0.3) is 0 Å². The summed E-state index contributed by atoms with van der Waals surface area (Å²) in [5.74, 6) is 0.810. The number of hydrogen-bond acceptors (Lipinski definition) is 7. The van der Waals surface area contributed by atoms with Gasteiger partial charge in [0, 0.05) is 61.4 Å². The summed E-state index contributed by atoms with van der Waals surface area (Å²) in [6.07, 6.45) is 7.28. The van der Waals surface area contributed by atoms with Crippen LogP contribution in [0.2, 0.25) is 0 Å². The van der Waals surface area contributed by atoms with Crippen LogP contribution in [-0.2, 0) is 0 Å². The van der Waals surface area contributed by atoms with E-state index in [-0.39, 0.29) is 17.8 Å². The molecule has 0 bridgehead atoms. The third-order valence-electron chi connectivity index (χ3n) is 5.11. The zero-order chi connectivity index (χ0) is 19.4. The van der Waals surface area contributed by atoms with Crippen molar-refractivity contribution in [3.63, 3.8) is 0 Å². The third-order valence-corrected chi connectivity index (χ3v) is 5.11. The molecule has 1 aliphatic heterocycles. The Morgan fingerprint density at radius 2 is 2.04 bits per heavy atom. The second-order valence-corrected chi connectivity index (χ2v) is 6.89. The zero-order valence-corrected chi connectivity index (χ0v) is 16.4. The molecule has 0 spiro atoms. The van der Waals surface area contributed by atoms with Crippen molar-refractivity contribution in [1.82, 2.24) is 30.6 Å². The van der Waals surface area contributed by atoms with Crippen LogP contribution in [0.3, 0.4) is 0 Å². The maximum absolute atomic E-state index is 12.0. The van der Waals surface area contributed by atoms with Gasteiger partial charge in [0.1, 0.15) is 12.1 Å². The van der Waals surface area contributed by atoms with Crippen molar-refractivity contribution >= 4 is 11.7 Å². The fourth-order valence-corrected chi connectivity index (χ4v) is 3.45. The van der Waals surface area contributed by atoms with Gasteiger partial charge >= 0.3 is 0 Å². The minimum Gasteiger partial charge on any atom is -0.355 e. The first kappa shape index (κ1) is 19.2. The van der Waals surface area contributed by atoms with Crippen LogP contribution >= 0.6 is 0 Å². The SMILES string of the molecule is CCC(N[C@@H]1CCN(c2nc(C(=O)NC)nc(C)c2C)C1)c1cncnc1. The molecule has 2 N–H and O–H groups in total. The summed E-state index contributed by atoms with van der Waals surface area (Å²) in [6.45, 7) is 7.82. The molecule has 1 amide bonds. The highest BCUT2D eigenvalue weighted by Crippen LogP contribution is 2.25. The topological polar surface area (TPSA) is 95.9 Å². The number of nitrogens with one attached hydrogen (secondary N) is 2. The summed E-state index contributed by atoms with van der Waals surface area (Å²) < 4.78 is 0. The number of nitrogens with zero attached hydrogens (tertiary/aromatic N) is 5. The molecule has 3 rings (SSSR count). The Balaban J connectivity index is 1.74. The van der Waals surface area contributed by atoms with E-state index in [0.29, 0.717) is 6.04 Å². The molecular formula is C19H27N7O. The molecule has 3 heterocycles. The average molecular weight is 369 g/mol. The Morgan fingerprint density at radius 1 is 1.30 bits per heavy atom. The van der Waals surface area contributed by atoms with Gasteiger partial charge in [-0.3, -0.25) is 4.79 Å². The molecule has 0 aromatic carbocycles. The maximum Gasteiger partial charge on any atom is 0.288 e. The average Bonchev–Trinajstić information content (AvgIpc) is 3.16. The lowest BCUT2D eigenvalue weighted by molar-refractivity contribution is 0.0952. The normalized spacial score (nSPS) is 17.8. The lowest BCUT2D eigenvalue weighted by Gasteiger charge is -2.24. The summed E-state index contributed by atoms with van der Waals surface area (Å²) in [7, 11) is 1.59. The van der Waals surface area contributed by atoms with E-state index in [1.54, 1.807) is 13.4 Å². The van der Waals surface area contributed by atoms with Gasteiger partial charge in [0.15, 0.2) is 0 Å². The van der Waals surface area contributed by atoms with E-state index in [1.165, 1.54) is 0 Å². The molecule has 0 radical (unpaired) electrons. The Labute approximate surface area is 159 Å². The molecule has 1 unspecified atom stereocenters. The Kier molecular flexibility index (Phi) is 5.95. The van der Waals surface area contributed by atoms with Crippen LogP contribution in [0.4, 0.5) is 5.82 Å². The molecule has 1 fully saturated rings. The van der Waals surface area contributed by atoms with Crippen LogP contribution in [0.15, 0.2) is 18.7 Å². The summed E-state index contributed by atoms with van der Waals surface area (Å²) in [5, 5.41) is 6.32. The molecular weight excluding hydrogens is 342 g/mol. The predicted molar refractivity (Wildman–Crippen MR) is 104 cm³/mol. The summed E-state index contributed by atoms with van der Waals surface area (Å²) in [6, 6.07) is 0.569. The monoisotopic (exact) mass is 369 g/mol. The predicted octanol–water partition coefficient (Wildman–Crippen LogP) is 1.56. The van der Waals surface area contributed by atoms with E-state index < -0.39 is 0 Å². The number of amides is 1. The highest BCUT2D eigenvalue weighted by atomic mass is 16.2. The lowest BCUT2D eigenvalue weighted by Crippen LogP contribution is -2.36. The minimum atomic E-state index is -0.261. The molecule has 144 valence electrons. The van der Waals surface area contributed by atoms with E-state index in [4.69, 9.17) is 0 Å². The first-order valence-corrected chi connectivity index (χ1v) is 9.36. The molecule has 0 aliphatic carbocycles. The minimum absolute atomic E-state index is 0.222. The van der Waals surface area contributed by atoms with Crippen molar-refractivity contribution in [1.29, 1.82) is 0 Å². The van der Waals surface area contributed by atoms with Gasteiger partial charge in [-0.2, -0.15) is 0 Å². The fraction of sp³-hybridized carbons (Fsp3) is 0.526. The molecule has 8 heteroatoms.